The molecule has 2 aromatic rings. The summed E-state index contributed by atoms with van der Waals surface area (Å²) < 4.78 is 52.4. The highest BCUT2D eigenvalue weighted by Gasteiger charge is 2.47. The molecule has 0 bridgehead atoms. The van der Waals surface area contributed by atoms with E-state index in [9.17, 15) is 14.2 Å². The maximum atomic E-state index is 13.8. The van der Waals surface area contributed by atoms with E-state index in [4.69, 9.17) is 37.6 Å². The molecule has 2 N–H and O–H groups in total. The zero-order valence-corrected chi connectivity index (χ0v) is 25.7. The summed E-state index contributed by atoms with van der Waals surface area (Å²) in [6.45, 7) is 8.01. The Kier molecular flexibility index (Phi) is 11.7. The van der Waals surface area contributed by atoms with E-state index in [1.807, 2.05) is 6.92 Å². The van der Waals surface area contributed by atoms with Crippen LogP contribution in [-0.2, 0) is 44.3 Å². The number of hydrogen-bond donors (Lipinski definition) is 2. The molecule has 0 spiro atoms. The van der Waals surface area contributed by atoms with Crippen molar-refractivity contribution in [3.8, 4) is 17.2 Å². The van der Waals surface area contributed by atoms with Gasteiger partial charge >= 0.3 is 13.7 Å². The van der Waals surface area contributed by atoms with Gasteiger partial charge in [0.25, 0.3) is 5.91 Å². The van der Waals surface area contributed by atoms with Gasteiger partial charge in [-0.25, -0.2) is 10.0 Å². The lowest BCUT2D eigenvalue weighted by atomic mass is 10.2. The fraction of sp³-hybridized carbons (Fsp3) is 0.500. The molecule has 1 fully saturated rings. The molecule has 232 valence electrons. The summed E-state index contributed by atoms with van der Waals surface area (Å²) in [6.07, 6.45) is -2.19. The molecule has 4 atom stereocenters. The van der Waals surface area contributed by atoms with Crippen molar-refractivity contribution in [2.45, 2.75) is 65.3 Å². The van der Waals surface area contributed by atoms with E-state index >= 15 is 0 Å². The van der Waals surface area contributed by atoms with Gasteiger partial charge in [0.1, 0.15) is 36.0 Å². The minimum Gasteiger partial charge on any atom is -0.497 e. The molecule has 0 saturated carbocycles. The molecule has 13 nitrogen and oxygen atoms in total. The number of carbonyl (C=O) groups is 2. The number of methoxy groups -OCH3 is 2. The number of rotatable bonds is 15. The molecular formula is C28H39N2O11P. The summed E-state index contributed by atoms with van der Waals surface area (Å²) in [5, 5.41) is 2.60. The van der Waals surface area contributed by atoms with Crippen LogP contribution in [0.5, 0.6) is 17.2 Å². The van der Waals surface area contributed by atoms with Crippen molar-refractivity contribution in [2.24, 2.45) is 0 Å². The minimum atomic E-state index is -4.19. The lowest BCUT2D eigenvalue weighted by molar-refractivity contribution is -0.163. The van der Waals surface area contributed by atoms with Gasteiger partial charge in [0, 0.05) is 11.6 Å². The van der Waals surface area contributed by atoms with E-state index in [0.717, 1.165) is 5.56 Å². The maximum Gasteiger partial charge on any atom is 0.459 e. The molecular weight excluding hydrogens is 571 g/mol. The van der Waals surface area contributed by atoms with Crippen molar-refractivity contribution in [2.75, 3.05) is 27.4 Å². The largest absolute Gasteiger partial charge is 0.497 e. The lowest BCUT2D eigenvalue weighted by Gasteiger charge is -2.24. The molecule has 0 radical (unpaired) electrons. The van der Waals surface area contributed by atoms with Gasteiger partial charge in [-0.2, -0.15) is 5.09 Å². The minimum absolute atomic E-state index is 0.00763. The fourth-order valence-corrected chi connectivity index (χ4v) is 5.45. The number of benzene rings is 2. The van der Waals surface area contributed by atoms with Crippen LogP contribution in [0.1, 0.15) is 38.8 Å². The molecule has 3 rings (SSSR count). The number of aryl methyl sites for hydroxylation is 1. The van der Waals surface area contributed by atoms with E-state index in [0.29, 0.717) is 17.1 Å². The third kappa shape index (κ3) is 9.41. The van der Waals surface area contributed by atoms with Crippen molar-refractivity contribution in [1.29, 1.82) is 0 Å². The number of nitrogens with one attached hydrogen (secondary N) is 2. The van der Waals surface area contributed by atoms with Gasteiger partial charge in [-0.1, -0.05) is 17.7 Å². The van der Waals surface area contributed by atoms with Gasteiger partial charge in [-0.3, -0.25) is 19.0 Å². The van der Waals surface area contributed by atoms with Gasteiger partial charge in [-0.05, 0) is 58.9 Å². The Morgan fingerprint density at radius 3 is 2.38 bits per heavy atom. The average molecular weight is 611 g/mol. The van der Waals surface area contributed by atoms with Crippen LogP contribution >= 0.6 is 7.75 Å². The average Bonchev–Trinajstić information content (AvgIpc) is 3.27. The summed E-state index contributed by atoms with van der Waals surface area (Å²) in [5.41, 5.74) is 3.99. The smallest absolute Gasteiger partial charge is 0.459 e. The van der Waals surface area contributed by atoms with Gasteiger partial charge in [0.2, 0.25) is 0 Å². The van der Waals surface area contributed by atoms with Gasteiger partial charge in [0.15, 0.2) is 11.9 Å². The Morgan fingerprint density at radius 1 is 1.05 bits per heavy atom. The second kappa shape index (κ2) is 14.8. The van der Waals surface area contributed by atoms with E-state index in [2.05, 4.69) is 10.6 Å². The first kappa shape index (κ1) is 33.3. The van der Waals surface area contributed by atoms with Gasteiger partial charge in [-0.15, -0.1) is 0 Å². The maximum absolute atomic E-state index is 13.8. The number of hydroxylamine groups is 1. The monoisotopic (exact) mass is 610 g/mol. The Bertz CT molecular complexity index is 1250. The first-order valence-electron chi connectivity index (χ1n) is 13.3. The topological polar surface area (TPSA) is 149 Å². The van der Waals surface area contributed by atoms with Crippen LogP contribution in [0.25, 0.3) is 0 Å². The normalized spacial score (nSPS) is 19.8. The van der Waals surface area contributed by atoms with Crippen LogP contribution in [0.2, 0.25) is 0 Å². The molecule has 0 aliphatic carbocycles. The van der Waals surface area contributed by atoms with Crippen LogP contribution < -0.4 is 24.6 Å². The first-order chi connectivity index (χ1) is 19.9. The van der Waals surface area contributed by atoms with Crippen LogP contribution in [0.15, 0.2) is 42.5 Å². The zero-order valence-electron chi connectivity index (χ0n) is 24.8. The highest BCUT2D eigenvalue weighted by molar-refractivity contribution is 7.52. The summed E-state index contributed by atoms with van der Waals surface area (Å²) in [5.74, 6) is -1.08. The second-order valence-corrected chi connectivity index (χ2v) is 11.5. The molecule has 1 unspecified atom stereocenters. The summed E-state index contributed by atoms with van der Waals surface area (Å²) in [4.78, 5) is 30.7. The number of amides is 1. The SMILES string of the molecule is CCOC(=O)[C@H](C)NP(=O)(OC[C@H]1OC(C)(C)O[C@H]1C(=O)NOCc1ccc(OC)cc1OC)Oc1ccc(C)cc1. The lowest BCUT2D eigenvalue weighted by Crippen LogP contribution is -2.43. The van der Waals surface area contributed by atoms with Crippen LogP contribution in [-0.4, -0.2) is 63.3 Å². The standard InChI is InChI=1S/C28H39N2O11P/c1-8-36-27(32)19(3)30-42(33,41-21-12-9-18(2)10-13-21)38-17-24-25(40-28(4,5)39-24)26(31)29-37-16-20-11-14-22(34-6)15-23(20)35-7/h9-15,19,24-25H,8,16-17H2,1-7H3,(H,29,31)(H,30,33)/t19-,24+,25+,42?/m0/s1. The number of hydrogen-bond acceptors (Lipinski definition) is 11. The zero-order chi connectivity index (χ0) is 30.9. The van der Waals surface area contributed by atoms with Gasteiger partial charge in [0.05, 0.1) is 27.4 Å². The Morgan fingerprint density at radius 2 is 1.74 bits per heavy atom. The summed E-state index contributed by atoms with van der Waals surface area (Å²) in [6, 6.07) is 10.9. The van der Waals surface area contributed by atoms with Crippen LogP contribution in [0.3, 0.4) is 0 Å². The Balaban J connectivity index is 1.69. The summed E-state index contributed by atoms with van der Waals surface area (Å²) in [7, 11) is -1.14. The highest BCUT2D eigenvalue weighted by atomic mass is 31.2. The molecule has 1 aliphatic rings. The molecule has 1 heterocycles. The molecule has 1 amide bonds. The van der Waals surface area contributed by atoms with Gasteiger partial charge < -0.3 is 28.2 Å². The molecule has 1 saturated heterocycles. The van der Waals surface area contributed by atoms with Crippen LogP contribution in [0.4, 0.5) is 0 Å². The van der Waals surface area contributed by atoms with Crippen molar-refractivity contribution in [3.63, 3.8) is 0 Å². The predicted molar refractivity (Wildman–Crippen MR) is 151 cm³/mol. The molecule has 0 aromatic heterocycles. The molecule has 2 aromatic carbocycles. The van der Waals surface area contributed by atoms with Crippen molar-refractivity contribution < 1.29 is 51.7 Å². The van der Waals surface area contributed by atoms with Crippen LogP contribution in [0, 0.1) is 6.92 Å². The number of esters is 1. The number of carbonyl (C=O) groups excluding carboxylic acids is 2. The summed E-state index contributed by atoms with van der Waals surface area (Å²) >= 11 is 0. The number of ether oxygens (including phenoxy) is 5. The first-order valence-corrected chi connectivity index (χ1v) is 14.9. The Labute approximate surface area is 245 Å². The second-order valence-electron chi connectivity index (χ2n) is 9.83. The third-order valence-electron chi connectivity index (χ3n) is 5.98. The highest BCUT2D eigenvalue weighted by Crippen LogP contribution is 2.46. The quantitative estimate of drug-likeness (QED) is 0.171. The van der Waals surface area contributed by atoms with Crippen molar-refractivity contribution in [1.82, 2.24) is 10.6 Å². The molecule has 14 heteroatoms. The molecule has 42 heavy (non-hydrogen) atoms. The third-order valence-corrected chi connectivity index (χ3v) is 7.63. The van der Waals surface area contributed by atoms with Crippen molar-refractivity contribution in [3.05, 3.63) is 53.6 Å². The fourth-order valence-electron chi connectivity index (χ4n) is 3.95. The predicted octanol–water partition coefficient (Wildman–Crippen LogP) is 3.83. The molecule has 1 aliphatic heterocycles. The van der Waals surface area contributed by atoms with E-state index in [1.54, 1.807) is 70.3 Å². The van der Waals surface area contributed by atoms with E-state index in [1.165, 1.54) is 14.0 Å². The van der Waals surface area contributed by atoms with E-state index < -0.39 is 43.7 Å². The Hall–Kier alpha value is -3.19. The van der Waals surface area contributed by atoms with E-state index in [-0.39, 0.29) is 25.6 Å². The van der Waals surface area contributed by atoms with Crippen molar-refractivity contribution >= 4 is 19.6 Å².